The van der Waals surface area contributed by atoms with Gasteiger partial charge in [-0.3, -0.25) is 4.79 Å². The molecule has 0 saturated heterocycles. The van der Waals surface area contributed by atoms with E-state index in [1.807, 2.05) is 27.0 Å². The molecule has 7 heteroatoms. The van der Waals surface area contributed by atoms with E-state index in [0.29, 0.717) is 22.4 Å². The van der Waals surface area contributed by atoms with Gasteiger partial charge in [0.25, 0.3) is 0 Å². The van der Waals surface area contributed by atoms with Crippen LogP contribution in [-0.4, -0.2) is 30.3 Å². The summed E-state index contributed by atoms with van der Waals surface area (Å²) in [4.78, 5) is 21.4. The van der Waals surface area contributed by atoms with Crippen LogP contribution in [-0.2, 0) is 9.22 Å². The summed E-state index contributed by atoms with van der Waals surface area (Å²) in [6, 6.07) is 0. The minimum absolute atomic E-state index is 0.0734. The minimum Gasteiger partial charge on any atom is -0.414 e. The number of nitrogens with zero attached hydrogens (tertiary/aromatic N) is 2. The van der Waals surface area contributed by atoms with Crippen LogP contribution in [0.25, 0.3) is 0 Å². The fraction of sp³-hybridized carbons (Fsp3) is 0.762. The van der Waals surface area contributed by atoms with Crippen LogP contribution in [0.5, 0.6) is 0 Å². The van der Waals surface area contributed by atoms with Crippen molar-refractivity contribution in [3.05, 3.63) is 16.5 Å². The first-order valence-electron chi connectivity index (χ1n) is 10.2. The van der Waals surface area contributed by atoms with Gasteiger partial charge in [-0.1, -0.05) is 48.0 Å². The van der Waals surface area contributed by atoms with E-state index in [2.05, 4.69) is 60.1 Å². The zero-order valence-electron chi connectivity index (χ0n) is 18.6. The number of anilines is 1. The average molecular weight is 471 g/mol. The average Bonchev–Trinajstić information content (AvgIpc) is 2.54. The number of hydrogen-bond donors (Lipinski definition) is 1. The molecule has 0 aromatic carbocycles. The molecule has 1 saturated carbocycles. The molecule has 0 aliphatic heterocycles. The van der Waals surface area contributed by atoms with Gasteiger partial charge in [0.2, 0.25) is 5.91 Å². The van der Waals surface area contributed by atoms with Crippen LogP contribution in [0.3, 0.4) is 0 Å². The van der Waals surface area contributed by atoms with E-state index in [0.717, 1.165) is 31.4 Å². The standard InChI is InChI=1S/C21H36BrN3O2Si/c1-20(2,3)19(26)25-18-17(22)24-16(13-23-18)14-10-9-11-15(12-14)27-28(7,8)21(4,5)6/h13-15H,9-12H2,1-8H3,(H,23,25,26)/t14-,15+/m1/s1. The van der Waals surface area contributed by atoms with E-state index < -0.39 is 13.7 Å². The third-order valence-electron chi connectivity index (χ3n) is 5.97. The summed E-state index contributed by atoms with van der Waals surface area (Å²) >= 11 is 3.49. The van der Waals surface area contributed by atoms with Crippen molar-refractivity contribution in [3.8, 4) is 0 Å². The van der Waals surface area contributed by atoms with Crippen molar-refractivity contribution in [2.45, 2.75) is 97.4 Å². The molecule has 2 rings (SSSR count). The molecule has 1 heterocycles. The molecule has 5 nitrogen and oxygen atoms in total. The smallest absolute Gasteiger partial charge is 0.230 e. The largest absolute Gasteiger partial charge is 0.414 e. The second kappa shape index (κ2) is 8.52. The van der Waals surface area contributed by atoms with E-state index in [-0.39, 0.29) is 10.9 Å². The Hall–Kier alpha value is -0.793. The summed E-state index contributed by atoms with van der Waals surface area (Å²) in [5.41, 5.74) is 0.501. The molecule has 1 fully saturated rings. The van der Waals surface area contributed by atoms with E-state index in [9.17, 15) is 4.79 Å². The van der Waals surface area contributed by atoms with Gasteiger partial charge >= 0.3 is 0 Å². The Morgan fingerprint density at radius 3 is 2.39 bits per heavy atom. The van der Waals surface area contributed by atoms with Crippen molar-refractivity contribution >= 4 is 36.0 Å². The van der Waals surface area contributed by atoms with Gasteiger partial charge in [0.15, 0.2) is 14.1 Å². The molecule has 1 aliphatic rings. The monoisotopic (exact) mass is 469 g/mol. The van der Waals surface area contributed by atoms with Crippen LogP contribution < -0.4 is 5.32 Å². The topological polar surface area (TPSA) is 64.1 Å². The predicted octanol–water partition coefficient (Wildman–Crippen LogP) is 6.27. The van der Waals surface area contributed by atoms with Gasteiger partial charge in [0.05, 0.1) is 11.9 Å². The molecule has 0 spiro atoms. The van der Waals surface area contributed by atoms with Crippen LogP contribution in [0.2, 0.25) is 18.1 Å². The Morgan fingerprint density at radius 2 is 1.86 bits per heavy atom. The van der Waals surface area contributed by atoms with Crippen molar-refractivity contribution in [1.82, 2.24) is 9.97 Å². The summed E-state index contributed by atoms with van der Waals surface area (Å²) in [6.45, 7) is 17.1. The molecule has 1 aromatic heterocycles. The third-order valence-corrected chi connectivity index (χ3v) is 11.1. The van der Waals surface area contributed by atoms with Gasteiger partial charge in [-0.05, 0) is 53.3 Å². The molecule has 1 aliphatic carbocycles. The Balaban J connectivity index is 2.09. The molecule has 158 valence electrons. The molecular formula is C21H36BrN3O2Si. The first-order chi connectivity index (χ1) is 12.7. The predicted molar refractivity (Wildman–Crippen MR) is 121 cm³/mol. The summed E-state index contributed by atoms with van der Waals surface area (Å²) in [7, 11) is -1.77. The van der Waals surface area contributed by atoms with Crippen LogP contribution in [0.1, 0.15) is 78.8 Å². The number of rotatable bonds is 4. The van der Waals surface area contributed by atoms with Crippen LogP contribution in [0.4, 0.5) is 5.82 Å². The lowest BCUT2D eigenvalue weighted by molar-refractivity contribution is -0.123. The second-order valence-electron chi connectivity index (χ2n) is 10.5. The Labute approximate surface area is 179 Å². The Bertz CT molecular complexity index is 711. The van der Waals surface area contributed by atoms with Gasteiger partial charge in [-0.2, -0.15) is 0 Å². The summed E-state index contributed by atoms with van der Waals surface area (Å²) in [5, 5.41) is 3.08. The minimum atomic E-state index is -1.77. The van der Waals surface area contributed by atoms with E-state index in [4.69, 9.17) is 9.41 Å². The molecule has 28 heavy (non-hydrogen) atoms. The van der Waals surface area contributed by atoms with Crippen LogP contribution >= 0.6 is 15.9 Å². The number of halogens is 1. The van der Waals surface area contributed by atoms with Gasteiger partial charge in [0, 0.05) is 17.4 Å². The van der Waals surface area contributed by atoms with Gasteiger partial charge < -0.3 is 9.74 Å². The first-order valence-corrected chi connectivity index (χ1v) is 13.9. The fourth-order valence-electron chi connectivity index (χ4n) is 3.07. The summed E-state index contributed by atoms with van der Waals surface area (Å²) < 4.78 is 7.25. The Kier molecular flexibility index (Phi) is 7.15. The number of carbonyl (C=O) groups excluding carboxylic acids is 1. The van der Waals surface area contributed by atoms with E-state index in [1.54, 1.807) is 0 Å². The molecule has 0 bridgehead atoms. The number of aromatic nitrogens is 2. The van der Waals surface area contributed by atoms with Gasteiger partial charge in [-0.15, -0.1) is 0 Å². The maximum absolute atomic E-state index is 12.2. The zero-order valence-corrected chi connectivity index (χ0v) is 21.2. The van der Waals surface area contributed by atoms with Crippen molar-refractivity contribution in [3.63, 3.8) is 0 Å². The molecule has 2 atom stereocenters. The third kappa shape index (κ3) is 5.86. The number of amides is 1. The van der Waals surface area contributed by atoms with Gasteiger partial charge in [-0.25, -0.2) is 9.97 Å². The highest BCUT2D eigenvalue weighted by atomic mass is 79.9. The van der Waals surface area contributed by atoms with Gasteiger partial charge in [0.1, 0.15) is 4.60 Å². The van der Waals surface area contributed by atoms with Crippen LogP contribution in [0, 0.1) is 5.41 Å². The van der Waals surface area contributed by atoms with Crippen molar-refractivity contribution < 1.29 is 9.22 Å². The highest BCUT2D eigenvalue weighted by Gasteiger charge is 2.40. The summed E-state index contributed by atoms with van der Waals surface area (Å²) in [5.74, 6) is 0.754. The van der Waals surface area contributed by atoms with Crippen molar-refractivity contribution in [1.29, 1.82) is 0 Å². The lowest BCUT2D eigenvalue weighted by atomic mass is 9.85. The lowest BCUT2D eigenvalue weighted by Crippen LogP contribution is -2.44. The number of hydrogen-bond acceptors (Lipinski definition) is 4. The zero-order chi connectivity index (χ0) is 21.3. The maximum Gasteiger partial charge on any atom is 0.230 e. The molecule has 0 unspecified atom stereocenters. The fourth-order valence-corrected chi connectivity index (χ4v) is 4.88. The van der Waals surface area contributed by atoms with E-state index in [1.165, 1.54) is 0 Å². The normalized spacial score (nSPS) is 21.5. The highest BCUT2D eigenvalue weighted by molar-refractivity contribution is 9.10. The number of nitrogens with one attached hydrogen (secondary N) is 1. The quantitative estimate of drug-likeness (QED) is 0.527. The van der Waals surface area contributed by atoms with Crippen molar-refractivity contribution in [2.24, 2.45) is 5.41 Å². The molecule has 1 aromatic rings. The lowest BCUT2D eigenvalue weighted by Gasteiger charge is -2.41. The maximum atomic E-state index is 12.2. The van der Waals surface area contributed by atoms with Crippen molar-refractivity contribution in [2.75, 3.05) is 5.32 Å². The molecule has 1 amide bonds. The summed E-state index contributed by atoms with van der Waals surface area (Å²) in [6.07, 6.45) is 6.46. The Morgan fingerprint density at radius 1 is 1.21 bits per heavy atom. The SMILES string of the molecule is CC(C)(C)C(=O)Nc1ncc([C@@H]2CCC[C@H](O[Si](C)(C)C(C)(C)C)C2)nc1Br. The van der Waals surface area contributed by atoms with Crippen LogP contribution in [0.15, 0.2) is 10.8 Å². The van der Waals surface area contributed by atoms with E-state index >= 15 is 0 Å². The highest BCUT2D eigenvalue weighted by Crippen LogP contribution is 2.41. The molecular weight excluding hydrogens is 434 g/mol. The number of carbonyl (C=O) groups is 1. The molecule has 0 radical (unpaired) electrons. The second-order valence-corrected chi connectivity index (χ2v) is 16.0. The first kappa shape index (κ1) is 23.5. The molecule has 1 N–H and O–H groups in total.